The van der Waals surface area contributed by atoms with Gasteiger partial charge in [-0.2, -0.15) is 0 Å². The van der Waals surface area contributed by atoms with Gasteiger partial charge in [0.05, 0.1) is 0 Å². The van der Waals surface area contributed by atoms with Crippen molar-refractivity contribution < 1.29 is 0 Å². The van der Waals surface area contributed by atoms with Crippen LogP contribution < -0.4 is 10.6 Å². The molecule has 1 heterocycles. The van der Waals surface area contributed by atoms with Crippen LogP contribution in [-0.2, 0) is 0 Å². The molecule has 2 nitrogen and oxygen atoms in total. The van der Waals surface area contributed by atoms with Crippen molar-refractivity contribution in [1.29, 1.82) is 0 Å². The van der Waals surface area contributed by atoms with E-state index in [-0.39, 0.29) is 0 Å². The van der Waals surface area contributed by atoms with Crippen LogP contribution in [0.3, 0.4) is 0 Å². The van der Waals surface area contributed by atoms with Crippen LogP contribution >= 0.6 is 0 Å². The Labute approximate surface area is 119 Å². The van der Waals surface area contributed by atoms with Gasteiger partial charge in [0.1, 0.15) is 0 Å². The maximum absolute atomic E-state index is 3.93. The number of nitrogens with one attached hydrogen (secondary N) is 2. The molecule has 1 saturated heterocycles. The molecule has 0 radical (unpaired) electrons. The Morgan fingerprint density at radius 2 is 1.68 bits per heavy atom. The lowest BCUT2D eigenvalue weighted by molar-refractivity contribution is 0.177. The molecule has 0 amide bonds. The minimum Gasteiger partial charge on any atom is -0.314 e. The third-order valence-corrected chi connectivity index (χ3v) is 5.87. The molecule has 0 aromatic rings. The van der Waals surface area contributed by atoms with Crippen LogP contribution in [0.15, 0.2) is 0 Å². The Balaban J connectivity index is 1.45. The summed E-state index contributed by atoms with van der Waals surface area (Å²) in [4.78, 5) is 0. The molecule has 0 aromatic heterocycles. The van der Waals surface area contributed by atoms with Crippen LogP contribution in [0.4, 0.5) is 0 Å². The number of piperidine rings is 1. The largest absolute Gasteiger partial charge is 0.314 e. The summed E-state index contributed by atoms with van der Waals surface area (Å²) < 4.78 is 0. The van der Waals surface area contributed by atoms with Crippen LogP contribution in [0.1, 0.15) is 70.6 Å². The molecule has 2 N–H and O–H groups in total. The summed E-state index contributed by atoms with van der Waals surface area (Å²) in [6.07, 6.45) is 16.0. The standard InChI is InChI=1S/C17H32N2/c1-2-9-17(19-13-11-14-6-5-7-14)15(8-1)16-10-3-4-12-18-16/h14-19H,1-13H2. The third kappa shape index (κ3) is 3.72. The number of hydrogen-bond donors (Lipinski definition) is 2. The SMILES string of the molecule is C1CCC(C2CCCCC2NCCC2CCC2)NC1. The van der Waals surface area contributed by atoms with Crippen molar-refractivity contribution in [2.75, 3.05) is 13.1 Å². The van der Waals surface area contributed by atoms with Gasteiger partial charge in [0.25, 0.3) is 0 Å². The van der Waals surface area contributed by atoms with E-state index in [1.165, 1.54) is 83.7 Å². The first-order chi connectivity index (χ1) is 9.43. The molecule has 1 aliphatic heterocycles. The summed E-state index contributed by atoms with van der Waals surface area (Å²) in [7, 11) is 0. The van der Waals surface area contributed by atoms with Crippen LogP contribution in [0, 0.1) is 11.8 Å². The summed E-state index contributed by atoms with van der Waals surface area (Å²) >= 11 is 0. The highest BCUT2D eigenvalue weighted by molar-refractivity contribution is 4.90. The van der Waals surface area contributed by atoms with Crippen molar-refractivity contribution in [3.63, 3.8) is 0 Å². The second-order valence-corrected chi connectivity index (χ2v) is 7.15. The first-order valence-electron chi connectivity index (χ1n) is 8.90. The van der Waals surface area contributed by atoms with Gasteiger partial charge in [-0.15, -0.1) is 0 Å². The highest BCUT2D eigenvalue weighted by atomic mass is 15.0. The van der Waals surface area contributed by atoms with E-state index in [0.717, 1.165) is 23.9 Å². The number of hydrogen-bond acceptors (Lipinski definition) is 2. The molecular weight excluding hydrogens is 232 g/mol. The Hall–Kier alpha value is -0.0800. The van der Waals surface area contributed by atoms with Gasteiger partial charge in [-0.1, -0.05) is 38.5 Å². The molecule has 0 spiro atoms. The molecule has 3 rings (SSSR count). The monoisotopic (exact) mass is 264 g/mol. The zero-order valence-corrected chi connectivity index (χ0v) is 12.5. The van der Waals surface area contributed by atoms with Gasteiger partial charge >= 0.3 is 0 Å². The summed E-state index contributed by atoms with van der Waals surface area (Å²) in [6.45, 7) is 2.54. The van der Waals surface area contributed by atoms with Gasteiger partial charge in [-0.25, -0.2) is 0 Å². The van der Waals surface area contributed by atoms with Crippen molar-refractivity contribution in [2.24, 2.45) is 11.8 Å². The topological polar surface area (TPSA) is 24.1 Å². The zero-order chi connectivity index (χ0) is 12.9. The van der Waals surface area contributed by atoms with E-state index < -0.39 is 0 Å². The average molecular weight is 264 g/mol. The second kappa shape index (κ2) is 7.08. The van der Waals surface area contributed by atoms with E-state index in [1.54, 1.807) is 0 Å². The Morgan fingerprint density at radius 3 is 2.42 bits per heavy atom. The first-order valence-corrected chi connectivity index (χ1v) is 8.90. The highest BCUT2D eigenvalue weighted by Gasteiger charge is 2.32. The lowest BCUT2D eigenvalue weighted by Crippen LogP contribution is -2.50. The van der Waals surface area contributed by atoms with Crippen molar-refractivity contribution in [2.45, 2.75) is 82.7 Å². The quantitative estimate of drug-likeness (QED) is 0.794. The fraction of sp³-hybridized carbons (Fsp3) is 1.00. The fourth-order valence-electron chi connectivity index (χ4n) is 4.39. The van der Waals surface area contributed by atoms with Crippen molar-refractivity contribution in [3.8, 4) is 0 Å². The third-order valence-electron chi connectivity index (χ3n) is 5.87. The molecular formula is C17H32N2. The van der Waals surface area contributed by atoms with Crippen molar-refractivity contribution in [3.05, 3.63) is 0 Å². The van der Waals surface area contributed by atoms with E-state index >= 15 is 0 Å². The maximum atomic E-state index is 3.93. The van der Waals surface area contributed by atoms with Crippen molar-refractivity contribution in [1.82, 2.24) is 10.6 Å². The fourth-order valence-corrected chi connectivity index (χ4v) is 4.39. The Bertz CT molecular complexity index is 256. The van der Waals surface area contributed by atoms with E-state index in [0.29, 0.717) is 0 Å². The Kier molecular flexibility index (Phi) is 5.17. The molecule has 3 aliphatic rings. The molecule has 19 heavy (non-hydrogen) atoms. The first kappa shape index (κ1) is 13.9. The summed E-state index contributed by atoms with van der Waals surface area (Å²) in [6, 6.07) is 1.62. The molecule has 0 aromatic carbocycles. The van der Waals surface area contributed by atoms with Crippen LogP contribution in [0.25, 0.3) is 0 Å². The van der Waals surface area contributed by atoms with Gasteiger partial charge in [-0.05, 0) is 57.0 Å². The van der Waals surface area contributed by atoms with Crippen LogP contribution in [-0.4, -0.2) is 25.2 Å². The van der Waals surface area contributed by atoms with Crippen molar-refractivity contribution >= 4 is 0 Å². The molecule has 3 atom stereocenters. The number of rotatable bonds is 5. The molecule has 2 saturated carbocycles. The van der Waals surface area contributed by atoms with E-state index in [4.69, 9.17) is 0 Å². The van der Waals surface area contributed by atoms with E-state index in [1.807, 2.05) is 0 Å². The molecule has 3 fully saturated rings. The lowest BCUT2D eigenvalue weighted by atomic mass is 9.77. The minimum absolute atomic E-state index is 0.810. The Morgan fingerprint density at radius 1 is 0.842 bits per heavy atom. The van der Waals surface area contributed by atoms with Gasteiger partial charge in [-0.3, -0.25) is 0 Å². The zero-order valence-electron chi connectivity index (χ0n) is 12.5. The van der Waals surface area contributed by atoms with E-state index in [9.17, 15) is 0 Å². The maximum Gasteiger partial charge on any atom is 0.0110 e. The van der Waals surface area contributed by atoms with Crippen LogP contribution in [0.2, 0.25) is 0 Å². The lowest BCUT2D eigenvalue weighted by Gasteiger charge is -2.40. The predicted octanol–water partition coefficient (Wildman–Crippen LogP) is 3.47. The summed E-state index contributed by atoms with van der Waals surface area (Å²) in [5.41, 5.74) is 0. The minimum atomic E-state index is 0.810. The molecule has 0 bridgehead atoms. The van der Waals surface area contributed by atoms with Gasteiger partial charge in [0, 0.05) is 12.1 Å². The van der Waals surface area contributed by atoms with E-state index in [2.05, 4.69) is 10.6 Å². The van der Waals surface area contributed by atoms with Gasteiger partial charge in [0.2, 0.25) is 0 Å². The molecule has 2 aliphatic carbocycles. The molecule has 2 heteroatoms. The van der Waals surface area contributed by atoms with Gasteiger partial charge in [0.15, 0.2) is 0 Å². The summed E-state index contributed by atoms with van der Waals surface area (Å²) in [5, 5.41) is 7.73. The molecule has 3 unspecified atom stereocenters. The average Bonchev–Trinajstić information content (AvgIpc) is 2.43. The van der Waals surface area contributed by atoms with Crippen LogP contribution in [0.5, 0.6) is 0 Å². The van der Waals surface area contributed by atoms with Gasteiger partial charge < -0.3 is 10.6 Å². The highest BCUT2D eigenvalue weighted by Crippen LogP contribution is 2.32. The normalized spacial score (nSPS) is 36.9. The second-order valence-electron chi connectivity index (χ2n) is 7.15. The smallest absolute Gasteiger partial charge is 0.0110 e. The summed E-state index contributed by atoms with van der Waals surface area (Å²) in [5.74, 6) is 1.97. The predicted molar refractivity (Wildman–Crippen MR) is 81.3 cm³/mol. The molecule has 110 valence electrons.